The SMILES string of the molecule is CC(C)(C)c1cc2c(nn1)-c1cc(F)ccc1CCC2. The van der Waals surface area contributed by atoms with Gasteiger partial charge in [-0.25, -0.2) is 4.39 Å². The fourth-order valence-electron chi connectivity index (χ4n) is 2.67. The van der Waals surface area contributed by atoms with Crippen LogP contribution in [-0.4, -0.2) is 10.2 Å². The van der Waals surface area contributed by atoms with Gasteiger partial charge in [-0.2, -0.15) is 5.10 Å². The standard InChI is InChI=1S/C17H19FN2/c1-17(2,3)15-9-12-6-4-5-11-7-8-13(18)10-14(11)16(12)20-19-15/h7-10H,4-6H2,1-3H3. The zero-order valence-corrected chi connectivity index (χ0v) is 12.2. The predicted octanol–water partition coefficient (Wildman–Crippen LogP) is 4.07. The van der Waals surface area contributed by atoms with E-state index in [2.05, 4.69) is 37.0 Å². The van der Waals surface area contributed by atoms with Gasteiger partial charge in [-0.1, -0.05) is 26.8 Å². The third-order valence-corrected chi connectivity index (χ3v) is 3.86. The van der Waals surface area contributed by atoms with Gasteiger partial charge in [0.15, 0.2) is 0 Å². The maximum atomic E-state index is 13.5. The van der Waals surface area contributed by atoms with Crippen LogP contribution in [0.2, 0.25) is 0 Å². The molecule has 1 heterocycles. The molecule has 2 aromatic rings. The highest BCUT2D eigenvalue weighted by Crippen LogP contribution is 2.32. The van der Waals surface area contributed by atoms with Crippen LogP contribution in [0.5, 0.6) is 0 Å². The minimum Gasteiger partial charge on any atom is -0.207 e. The van der Waals surface area contributed by atoms with Gasteiger partial charge in [0.1, 0.15) is 5.82 Å². The van der Waals surface area contributed by atoms with Crippen molar-refractivity contribution in [1.82, 2.24) is 10.2 Å². The first-order valence-corrected chi connectivity index (χ1v) is 7.11. The molecule has 0 bridgehead atoms. The molecular weight excluding hydrogens is 251 g/mol. The summed E-state index contributed by atoms with van der Waals surface area (Å²) in [6.07, 6.45) is 3.02. The van der Waals surface area contributed by atoms with Crippen molar-refractivity contribution in [2.75, 3.05) is 0 Å². The Hall–Kier alpha value is -1.77. The molecule has 1 aromatic carbocycles. The van der Waals surface area contributed by atoms with Crippen LogP contribution >= 0.6 is 0 Å². The molecule has 1 aromatic heterocycles. The van der Waals surface area contributed by atoms with E-state index >= 15 is 0 Å². The molecule has 0 radical (unpaired) electrons. The van der Waals surface area contributed by atoms with Crippen LogP contribution in [-0.2, 0) is 18.3 Å². The zero-order valence-electron chi connectivity index (χ0n) is 12.2. The van der Waals surface area contributed by atoms with Gasteiger partial charge in [0.25, 0.3) is 0 Å². The molecule has 0 saturated carbocycles. The van der Waals surface area contributed by atoms with Gasteiger partial charge < -0.3 is 0 Å². The minimum absolute atomic E-state index is 0.0148. The number of fused-ring (bicyclic) bond motifs is 3. The summed E-state index contributed by atoms with van der Waals surface area (Å²) in [4.78, 5) is 0. The van der Waals surface area contributed by atoms with E-state index in [0.717, 1.165) is 36.2 Å². The van der Waals surface area contributed by atoms with Crippen molar-refractivity contribution in [2.24, 2.45) is 0 Å². The topological polar surface area (TPSA) is 25.8 Å². The Morgan fingerprint density at radius 1 is 1.00 bits per heavy atom. The Bertz CT molecular complexity index is 657. The molecule has 0 atom stereocenters. The van der Waals surface area contributed by atoms with Crippen molar-refractivity contribution < 1.29 is 4.39 Å². The highest BCUT2D eigenvalue weighted by Gasteiger charge is 2.21. The van der Waals surface area contributed by atoms with E-state index in [1.165, 1.54) is 17.2 Å². The zero-order chi connectivity index (χ0) is 14.3. The molecular formula is C17H19FN2. The first kappa shape index (κ1) is 13.2. The summed E-state index contributed by atoms with van der Waals surface area (Å²) < 4.78 is 13.5. The summed E-state index contributed by atoms with van der Waals surface area (Å²) >= 11 is 0. The van der Waals surface area contributed by atoms with E-state index in [4.69, 9.17) is 0 Å². The van der Waals surface area contributed by atoms with Gasteiger partial charge in [0, 0.05) is 11.0 Å². The Morgan fingerprint density at radius 3 is 2.50 bits per heavy atom. The maximum absolute atomic E-state index is 13.5. The summed E-state index contributed by atoms with van der Waals surface area (Å²) in [5.41, 5.74) is 5.10. The van der Waals surface area contributed by atoms with E-state index < -0.39 is 0 Å². The summed E-state index contributed by atoms with van der Waals surface area (Å²) in [5.74, 6) is -0.210. The number of aromatic nitrogens is 2. The van der Waals surface area contributed by atoms with Crippen LogP contribution in [0.3, 0.4) is 0 Å². The van der Waals surface area contributed by atoms with Crippen molar-refractivity contribution >= 4 is 0 Å². The average Bonchev–Trinajstić information content (AvgIpc) is 2.56. The first-order valence-electron chi connectivity index (χ1n) is 7.11. The van der Waals surface area contributed by atoms with Gasteiger partial charge in [-0.3, -0.25) is 0 Å². The lowest BCUT2D eigenvalue weighted by molar-refractivity contribution is 0.557. The average molecular weight is 270 g/mol. The monoisotopic (exact) mass is 270 g/mol. The van der Waals surface area contributed by atoms with Crippen LogP contribution in [0, 0.1) is 5.82 Å². The van der Waals surface area contributed by atoms with Gasteiger partial charge >= 0.3 is 0 Å². The molecule has 0 saturated heterocycles. The fourth-order valence-corrected chi connectivity index (χ4v) is 2.67. The van der Waals surface area contributed by atoms with Gasteiger partial charge in [0.2, 0.25) is 0 Å². The Balaban J connectivity index is 2.18. The molecule has 0 amide bonds. The molecule has 1 aliphatic carbocycles. The van der Waals surface area contributed by atoms with E-state index in [1.807, 2.05) is 6.07 Å². The second kappa shape index (κ2) is 4.65. The highest BCUT2D eigenvalue weighted by molar-refractivity contribution is 5.67. The number of benzene rings is 1. The molecule has 0 N–H and O–H groups in total. The van der Waals surface area contributed by atoms with Crippen LogP contribution in [0.15, 0.2) is 24.3 Å². The molecule has 3 heteroatoms. The number of aryl methyl sites for hydroxylation is 2. The smallest absolute Gasteiger partial charge is 0.123 e. The Morgan fingerprint density at radius 2 is 1.75 bits per heavy atom. The van der Waals surface area contributed by atoms with Gasteiger partial charge in [-0.05, 0) is 48.6 Å². The lowest BCUT2D eigenvalue weighted by Gasteiger charge is -2.18. The van der Waals surface area contributed by atoms with E-state index in [1.54, 1.807) is 6.07 Å². The molecule has 0 aliphatic heterocycles. The van der Waals surface area contributed by atoms with Crippen molar-refractivity contribution in [1.29, 1.82) is 0 Å². The minimum atomic E-state index is -0.210. The first-order chi connectivity index (χ1) is 9.45. The van der Waals surface area contributed by atoms with Gasteiger partial charge in [-0.15, -0.1) is 5.10 Å². The molecule has 0 spiro atoms. The van der Waals surface area contributed by atoms with Crippen LogP contribution < -0.4 is 0 Å². The maximum Gasteiger partial charge on any atom is 0.123 e. The molecule has 20 heavy (non-hydrogen) atoms. The van der Waals surface area contributed by atoms with Crippen molar-refractivity contribution in [2.45, 2.75) is 45.4 Å². The molecule has 0 fully saturated rings. The Labute approximate surface area is 119 Å². The van der Waals surface area contributed by atoms with Crippen LogP contribution in [0.1, 0.15) is 44.0 Å². The summed E-state index contributed by atoms with van der Waals surface area (Å²) in [5, 5.41) is 8.77. The van der Waals surface area contributed by atoms with E-state index in [-0.39, 0.29) is 11.2 Å². The molecule has 2 nitrogen and oxygen atoms in total. The lowest BCUT2D eigenvalue weighted by Crippen LogP contribution is -2.15. The second-order valence-corrected chi connectivity index (χ2v) is 6.51. The summed E-state index contributed by atoms with van der Waals surface area (Å²) in [6.45, 7) is 6.40. The molecule has 0 unspecified atom stereocenters. The number of nitrogens with zero attached hydrogens (tertiary/aromatic N) is 2. The lowest BCUT2D eigenvalue weighted by atomic mass is 9.90. The van der Waals surface area contributed by atoms with Crippen molar-refractivity contribution in [3.05, 3.63) is 46.9 Å². The fraction of sp³-hybridized carbons (Fsp3) is 0.412. The van der Waals surface area contributed by atoms with E-state index in [9.17, 15) is 4.39 Å². The molecule has 1 aliphatic rings. The predicted molar refractivity (Wildman–Crippen MR) is 78.2 cm³/mol. The van der Waals surface area contributed by atoms with Crippen molar-refractivity contribution in [3.8, 4) is 11.3 Å². The van der Waals surface area contributed by atoms with Crippen molar-refractivity contribution in [3.63, 3.8) is 0 Å². The normalized spacial score (nSPS) is 14.4. The molecule has 3 rings (SSSR count). The summed E-state index contributed by atoms with van der Waals surface area (Å²) in [6, 6.07) is 7.13. The number of halogens is 1. The highest BCUT2D eigenvalue weighted by atomic mass is 19.1. The Kier molecular flexibility index (Phi) is 3.08. The second-order valence-electron chi connectivity index (χ2n) is 6.51. The largest absolute Gasteiger partial charge is 0.207 e. The number of rotatable bonds is 0. The molecule has 104 valence electrons. The van der Waals surface area contributed by atoms with Crippen LogP contribution in [0.25, 0.3) is 11.3 Å². The summed E-state index contributed by atoms with van der Waals surface area (Å²) in [7, 11) is 0. The quantitative estimate of drug-likeness (QED) is 0.721. The van der Waals surface area contributed by atoms with E-state index in [0.29, 0.717) is 0 Å². The third-order valence-electron chi connectivity index (χ3n) is 3.86. The number of hydrogen-bond donors (Lipinski definition) is 0. The third kappa shape index (κ3) is 2.33. The number of hydrogen-bond acceptors (Lipinski definition) is 2. The van der Waals surface area contributed by atoms with Gasteiger partial charge in [0.05, 0.1) is 11.4 Å². The van der Waals surface area contributed by atoms with Crippen LogP contribution in [0.4, 0.5) is 4.39 Å².